The van der Waals surface area contributed by atoms with Crippen LogP contribution < -0.4 is 10.6 Å². The largest absolute Gasteiger partial charge is 0.469 e. The second-order valence-corrected chi connectivity index (χ2v) is 5.50. The maximum absolute atomic E-state index is 12.0. The van der Waals surface area contributed by atoms with Gasteiger partial charge in [-0.05, 0) is 43.3 Å². The summed E-state index contributed by atoms with van der Waals surface area (Å²) >= 11 is 0. The lowest BCUT2D eigenvalue weighted by Crippen LogP contribution is -2.37. The van der Waals surface area contributed by atoms with E-state index in [2.05, 4.69) is 20.8 Å². The smallest absolute Gasteiger partial charge is 0.319 e. The molecule has 0 saturated heterocycles. The summed E-state index contributed by atoms with van der Waals surface area (Å²) < 4.78 is 10.2. The lowest BCUT2D eigenvalue weighted by Gasteiger charge is -2.13. The molecule has 0 bridgehead atoms. The molecule has 2 amide bonds. The number of anilines is 1. The molecule has 2 N–H and O–H groups in total. The number of carbonyl (C=O) groups excluding carboxylic acids is 1. The van der Waals surface area contributed by atoms with Gasteiger partial charge in [0.05, 0.1) is 6.26 Å². The van der Waals surface area contributed by atoms with Gasteiger partial charge in [0.2, 0.25) is 11.7 Å². The van der Waals surface area contributed by atoms with E-state index >= 15 is 0 Å². The molecule has 0 aliphatic carbocycles. The van der Waals surface area contributed by atoms with Crippen molar-refractivity contribution in [1.29, 1.82) is 0 Å². The maximum atomic E-state index is 12.0. The van der Waals surface area contributed by atoms with Crippen LogP contribution >= 0.6 is 0 Å². The summed E-state index contributed by atoms with van der Waals surface area (Å²) in [6.45, 7) is 3.66. The standard InChI is InChI=1S/C17H18N4O3/c1-11(10-15-4-3-9-23-15)18-17(22)20-14-7-5-13(6-8-14)16-19-12(2)24-21-16/h3-9,11H,10H2,1-2H3,(H2,18,20,22)/t11-/m1/s1. The molecule has 1 atom stereocenters. The summed E-state index contributed by atoms with van der Waals surface area (Å²) in [6.07, 6.45) is 2.26. The highest BCUT2D eigenvalue weighted by atomic mass is 16.5. The molecule has 0 spiro atoms. The van der Waals surface area contributed by atoms with Crippen molar-refractivity contribution in [1.82, 2.24) is 15.5 Å². The molecule has 0 aliphatic heterocycles. The molecule has 0 fully saturated rings. The molecule has 2 aromatic heterocycles. The van der Waals surface area contributed by atoms with Gasteiger partial charge in [-0.15, -0.1) is 0 Å². The van der Waals surface area contributed by atoms with E-state index in [1.54, 1.807) is 25.3 Å². The van der Waals surface area contributed by atoms with Crippen LogP contribution in [0.25, 0.3) is 11.4 Å². The number of aromatic nitrogens is 2. The van der Waals surface area contributed by atoms with Gasteiger partial charge in [-0.1, -0.05) is 5.16 Å². The van der Waals surface area contributed by atoms with Gasteiger partial charge in [-0.25, -0.2) is 4.79 Å². The zero-order valence-electron chi connectivity index (χ0n) is 13.4. The van der Waals surface area contributed by atoms with Gasteiger partial charge in [0.25, 0.3) is 0 Å². The highest BCUT2D eigenvalue weighted by molar-refractivity contribution is 5.89. The minimum absolute atomic E-state index is 0.0438. The van der Waals surface area contributed by atoms with Crippen LogP contribution in [-0.4, -0.2) is 22.2 Å². The monoisotopic (exact) mass is 326 g/mol. The predicted molar refractivity (Wildman–Crippen MR) is 88.5 cm³/mol. The van der Waals surface area contributed by atoms with Crippen LogP contribution in [-0.2, 0) is 6.42 Å². The summed E-state index contributed by atoms with van der Waals surface area (Å²) in [5.74, 6) is 1.87. The molecule has 0 radical (unpaired) electrons. The van der Waals surface area contributed by atoms with Gasteiger partial charge < -0.3 is 19.6 Å². The van der Waals surface area contributed by atoms with Gasteiger partial charge in [0, 0.05) is 30.6 Å². The van der Waals surface area contributed by atoms with Crippen LogP contribution in [0.1, 0.15) is 18.6 Å². The van der Waals surface area contributed by atoms with E-state index in [4.69, 9.17) is 8.94 Å². The van der Waals surface area contributed by atoms with Crippen molar-refractivity contribution in [2.75, 3.05) is 5.32 Å². The minimum atomic E-state index is -0.266. The normalized spacial score (nSPS) is 11.9. The van der Waals surface area contributed by atoms with Crippen molar-refractivity contribution in [3.05, 3.63) is 54.3 Å². The first-order valence-corrected chi connectivity index (χ1v) is 7.61. The fourth-order valence-corrected chi connectivity index (χ4v) is 2.29. The fraction of sp³-hybridized carbons (Fsp3) is 0.235. The third kappa shape index (κ3) is 4.01. The lowest BCUT2D eigenvalue weighted by atomic mass is 10.2. The van der Waals surface area contributed by atoms with Gasteiger partial charge in [0.15, 0.2) is 0 Å². The SMILES string of the molecule is Cc1nc(-c2ccc(NC(=O)N[C@H](C)Cc3ccco3)cc2)no1. The predicted octanol–water partition coefficient (Wildman–Crippen LogP) is 3.39. The van der Waals surface area contributed by atoms with Gasteiger partial charge in [0.1, 0.15) is 5.76 Å². The first-order valence-electron chi connectivity index (χ1n) is 7.61. The van der Waals surface area contributed by atoms with E-state index in [0.29, 0.717) is 23.8 Å². The number of urea groups is 1. The van der Waals surface area contributed by atoms with Crippen molar-refractivity contribution in [2.24, 2.45) is 0 Å². The zero-order valence-corrected chi connectivity index (χ0v) is 13.4. The molecule has 7 heteroatoms. The number of benzene rings is 1. The molecule has 0 unspecified atom stereocenters. The minimum Gasteiger partial charge on any atom is -0.469 e. The van der Waals surface area contributed by atoms with Crippen molar-refractivity contribution < 1.29 is 13.7 Å². The second-order valence-electron chi connectivity index (χ2n) is 5.50. The summed E-state index contributed by atoms with van der Waals surface area (Å²) in [4.78, 5) is 16.2. The Morgan fingerprint density at radius 1 is 1.25 bits per heavy atom. The van der Waals surface area contributed by atoms with Gasteiger partial charge in [-0.2, -0.15) is 4.98 Å². The van der Waals surface area contributed by atoms with E-state index in [1.165, 1.54) is 0 Å². The molecule has 2 heterocycles. The van der Waals surface area contributed by atoms with E-state index in [0.717, 1.165) is 11.3 Å². The van der Waals surface area contributed by atoms with Crippen molar-refractivity contribution in [3.63, 3.8) is 0 Å². The Balaban J connectivity index is 1.54. The number of nitrogens with zero attached hydrogens (tertiary/aromatic N) is 2. The van der Waals surface area contributed by atoms with Crippen LogP contribution in [0.5, 0.6) is 0 Å². The Morgan fingerprint density at radius 3 is 2.67 bits per heavy atom. The van der Waals surface area contributed by atoms with Crippen molar-refractivity contribution in [2.45, 2.75) is 26.3 Å². The number of rotatable bonds is 5. The van der Waals surface area contributed by atoms with Gasteiger partial charge in [-0.3, -0.25) is 0 Å². The van der Waals surface area contributed by atoms with Crippen LogP contribution in [0.2, 0.25) is 0 Å². The average Bonchev–Trinajstić information content (AvgIpc) is 3.19. The number of hydrogen-bond acceptors (Lipinski definition) is 5. The number of furan rings is 1. The van der Waals surface area contributed by atoms with Crippen LogP contribution in [0.15, 0.2) is 51.6 Å². The Labute approximate surface area is 139 Å². The Kier molecular flexibility index (Phi) is 4.60. The van der Waals surface area contributed by atoms with E-state index in [-0.39, 0.29) is 12.1 Å². The molecule has 0 aliphatic rings. The van der Waals surface area contributed by atoms with Crippen LogP contribution in [0, 0.1) is 6.92 Å². The topological polar surface area (TPSA) is 93.2 Å². The second kappa shape index (κ2) is 6.99. The van der Waals surface area contributed by atoms with E-state index in [1.807, 2.05) is 31.2 Å². The van der Waals surface area contributed by atoms with Crippen LogP contribution in [0.3, 0.4) is 0 Å². The molecule has 124 valence electrons. The molecule has 0 saturated carbocycles. The first kappa shape index (κ1) is 15.8. The number of nitrogens with one attached hydrogen (secondary N) is 2. The highest BCUT2D eigenvalue weighted by Gasteiger charge is 2.10. The third-order valence-electron chi connectivity index (χ3n) is 3.39. The summed E-state index contributed by atoms with van der Waals surface area (Å²) in [6, 6.07) is 10.6. The molecule has 1 aromatic carbocycles. The number of hydrogen-bond donors (Lipinski definition) is 2. The quantitative estimate of drug-likeness (QED) is 0.749. The van der Waals surface area contributed by atoms with Crippen LogP contribution in [0.4, 0.5) is 10.5 Å². The number of amides is 2. The maximum Gasteiger partial charge on any atom is 0.319 e. The fourth-order valence-electron chi connectivity index (χ4n) is 2.29. The van der Waals surface area contributed by atoms with Gasteiger partial charge >= 0.3 is 6.03 Å². The Hall–Kier alpha value is -3.09. The molecule has 3 aromatic rings. The zero-order chi connectivity index (χ0) is 16.9. The third-order valence-corrected chi connectivity index (χ3v) is 3.39. The Bertz CT molecular complexity index is 794. The number of aryl methyl sites for hydroxylation is 1. The Morgan fingerprint density at radius 2 is 2.04 bits per heavy atom. The van der Waals surface area contributed by atoms with E-state index in [9.17, 15) is 4.79 Å². The summed E-state index contributed by atoms with van der Waals surface area (Å²) in [7, 11) is 0. The first-order chi connectivity index (χ1) is 11.6. The molecular formula is C17H18N4O3. The van der Waals surface area contributed by atoms with Crippen molar-refractivity contribution >= 4 is 11.7 Å². The molecule has 24 heavy (non-hydrogen) atoms. The molecular weight excluding hydrogens is 308 g/mol. The highest BCUT2D eigenvalue weighted by Crippen LogP contribution is 2.18. The lowest BCUT2D eigenvalue weighted by molar-refractivity contribution is 0.248. The summed E-state index contributed by atoms with van der Waals surface area (Å²) in [5.41, 5.74) is 1.51. The van der Waals surface area contributed by atoms with Crippen molar-refractivity contribution in [3.8, 4) is 11.4 Å². The average molecular weight is 326 g/mol. The molecule has 7 nitrogen and oxygen atoms in total. The number of carbonyl (C=O) groups is 1. The summed E-state index contributed by atoms with van der Waals surface area (Å²) in [5, 5.41) is 9.51. The van der Waals surface area contributed by atoms with E-state index < -0.39 is 0 Å². The molecule has 3 rings (SSSR count).